The third kappa shape index (κ3) is 4.56. The van der Waals surface area contributed by atoms with Crippen LogP contribution in [0.2, 0.25) is 0 Å². The molecule has 2 bridgehead atoms. The van der Waals surface area contributed by atoms with E-state index in [-0.39, 0.29) is 30.4 Å². The minimum Gasteiger partial charge on any atom is -0.312 e. The number of amides is 4. The maximum absolute atomic E-state index is 14.4. The van der Waals surface area contributed by atoms with Gasteiger partial charge in [0.2, 0.25) is 5.91 Å². The van der Waals surface area contributed by atoms with Gasteiger partial charge >= 0.3 is 6.03 Å². The molecular formula is C32H34N4O4. The van der Waals surface area contributed by atoms with Gasteiger partial charge in [-0.1, -0.05) is 62.4 Å². The molecule has 2 saturated heterocycles. The van der Waals surface area contributed by atoms with Crippen molar-refractivity contribution >= 4 is 23.5 Å². The van der Waals surface area contributed by atoms with E-state index in [0.717, 1.165) is 22.6 Å². The molecule has 3 aromatic rings. The zero-order valence-electron chi connectivity index (χ0n) is 22.9. The number of urea groups is 1. The fourth-order valence-corrected chi connectivity index (χ4v) is 6.71. The first kappa shape index (κ1) is 26.2. The molecule has 2 fully saturated rings. The quantitative estimate of drug-likeness (QED) is 0.481. The highest BCUT2D eigenvalue weighted by Crippen LogP contribution is 2.39. The van der Waals surface area contributed by atoms with Crippen LogP contribution in [-0.4, -0.2) is 46.9 Å². The summed E-state index contributed by atoms with van der Waals surface area (Å²) in [4.78, 5) is 57.0. The van der Waals surface area contributed by atoms with E-state index >= 15 is 0 Å². The molecule has 1 aromatic heterocycles. The summed E-state index contributed by atoms with van der Waals surface area (Å²) < 4.78 is 1.87. The smallest absolute Gasteiger partial charge is 0.312 e. The number of para-hydroxylation sites is 1. The summed E-state index contributed by atoms with van der Waals surface area (Å²) in [5, 5.41) is 2.52. The zero-order chi connectivity index (χ0) is 28.0. The number of barbiturate groups is 1. The number of piperidine rings is 1. The molecule has 3 aliphatic heterocycles. The largest absolute Gasteiger partial charge is 0.335 e. The molecule has 2 aromatic carbocycles. The minimum absolute atomic E-state index is 0.0146. The van der Waals surface area contributed by atoms with Crippen LogP contribution in [0.25, 0.3) is 0 Å². The van der Waals surface area contributed by atoms with Gasteiger partial charge in [-0.25, -0.2) is 9.69 Å². The molecule has 4 amide bonds. The van der Waals surface area contributed by atoms with E-state index in [1.807, 2.05) is 41.0 Å². The maximum Gasteiger partial charge on any atom is 0.335 e. The molecule has 0 spiro atoms. The fraction of sp³-hybridized carbons (Fsp3) is 0.375. The van der Waals surface area contributed by atoms with Gasteiger partial charge in [0.15, 0.2) is 0 Å². The van der Waals surface area contributed by atoms with Crippen LogP contribution in [0.4, 0.5) is 10.5 Å². The number of nitrogens with zero attached hydrogens (tertiary/aromatic N) is 3. The first-order valence-electron chi connectivity index (χ1n) is 14.0. The Morgan fingerprint density at radius 3 is 2.35 bits per heavy atom. The second kappa shape index (κ2) is 10.2. The SMILES string of the molecule is CC(C)c1ccc(C[C@]2(CN3C[C@H]4C[C@H](C3)c3cccc(=O)n3C4)C(=O)NC(=O)N(c3ccccc3)C2=O)cc1. The van der Waals surface area contributed by atoms with Gasteiger partial charge in [-0.15, -0.1) is 0 Å². The molecular weight excluding hydrogens is 504 g/mol. The molecule has 4 heterocycles. The van der Waals surface area contributed by atoms with Gasteiger partial charge in [-0.05, 0) is 54.0 Å². The highest BCUT2D eigenvalue weighted by molar-refractivity contribution is 6.30. The molecule has 8 nitrogen and oxygen atoms in total. The lowest BCUT2D eigenvalue weighted by Gasteiger charge is -2.47. The Morgan fingerprint density at radius 2 is 1.62 bits per heavy atom. The molecule has 8 heteroatoms. The molecule has 0 unspecified atom stereocenters. The van der Waals surface area contributed by atoms with Crippen LogP contribution in [0.1, 0.15) is 48.9 Å². The molecule has 0 aliphatic carbocycles. The number of carbonyl (C=O) groups excluding carboxylic acids is 3. The summed E-state index contributed by atoms with van der Waals surface area (Å²) in [7, 11) is 0. The highest BCUT2D eigenvalue weighted by atomic mass is 16.2. The van der Waals surface area contributed by atoms with Crippen molar-refractivity contribution in [3.8, 4) is 0 Å². The number of anilines is 1. The van der Waals surface area contributed by atoms with E-state index in [0.29, 0.717) is 31.2 Å². The van der Waals surface area contributed by atoms with Crippen molar-refractivity contribution in [3.63, 3.8) is 0 Å². The van der Waals surface area contributed by atoms with Gasteiger partial charge in [-0.3, -0.25) is 19.7 Å². The summed E-state index contributed by atoms with van der Waals surface area (Å²) >= 11 is 0. The van der Waals surface area contributed by atoms with E-state index < -0.39 is 23.3 Å². The van der Waals surface area contributed by atoms with Gasteiger partial charge in [0.05, 0.1) is 5.69 Å². The predicted molar refractivity (Wildman–Crippen MR) is 152 cm³/mol. The van der Waals surface area contributed by atoms with Gasteiger partial charge in [0.1, 0.15) is 5.41 Å². The predicted octanol–water partition coefficient (Wildman–Crippen LogP) is 3.90. The Kier molecular flexibility index (Phi) is 6.66. The molecule has 206 valence electrons. The van der Waals surface area contributed by atoms with E-state index in [1.165, 1.54) is 5.56 Å². The van der Waals surface area contributed by atoms with Crippen molar-refractivity contribution in [2.75, 3.05) is 24.5 Å². The number of imide groups is 2. The average molecular weight is 539 g/mol. The normalized spacial score (nSPS) is 24.7. The van der Waals surface area contributed by atoms with Crippen molar-refractivity contribution < 1.29 is 14.4 Å². The van der Waals surface area contributed by atoms with Crippen LogP contribution in [0.15, 0.2) is 77.6 Å². The summed E-state index contributed by atoms with van der Waals surface area (Å²) in [5.41, 5.74) is 2.00. The number of aromatic nitrogens is 1. The minimum atomic E-state index is -1.49. The molecule has 6 rings (SSSR count). The van der Waals surface area contributed by atoms with Gasteiger partial charge in [0.25, 0.3) is 11.5 Å². The van der Waals surface area contributed by atoms with Gasteiger partial charge < -0.3 is 9.47 Å². The van der Waals surface area contributed by atoms with Crippen molar-refractivity contribution in [2.45, 2.75) is 45.1 Å². The molecule has 40 heavy (non-hydrogen) atoms. The van der Waals surface area contributed by atoms with Crippen LogP contribution in [0, 0.1) is 11.3 Å². The number of pyridine rings is 1. The Balaban J connectivity index is 1.37. The molecule has 0 saturated carbocycles. The van der Waals surface area contributed by atoms with Gasteiger partial charge in [-0.2, -0.15) is 0 Å². The first-order valence-corrected chi connectivity index (χ1v) is 14.0. The van der Waals surface area contributed by atoms with Crippen molar-refractivity contribution in [3.05, 3.63) is 100.0 Å². The van der Waals surface area contributed by atoms with Crippen LogP contribution in [-0.2, 0) is 22.6 Å². The number of nitrogens with one attached hydrogen (secondary N) is 1. The topological polar surface area (TPSA) is 91.7 Å². The number of benzene rings is 2. The van der Waals surface area contributed by atoms with E-state index in [9.17, 15) is 19.2 Å². The van der Waals surface area contributed by atoms with Crippen molar-refractivity contribution in [2.24, 2.45) is 11.3 Å². The van der Waals surface area contributed by atoms with Gasteiger partial charge in [0, 0.05) is 43.9 Å². The number of likely N-dealkylation sites (tertiary alicyclic amines) is 1. The average Bonchev–Trinajstić information content (AvgIpc) is 2.93. The van der Waals surface area contributed by atoms with Crippen LogP contribution in [0.3, 0.4) is 0 Å². The van der Waals surface area contributed by atoms with Crippen LogP contribution in [0.5, 0.6) is 0 Å². The number of hydrogen-bond acceptors (Lipinski definition) is 5. The van der Waals surface area contributed by atoms with Crippen molar-refractivity contribution in [1.82, 2.24) is 14.8 Å². The third-order valence-electron chi connectivity index (χ3n) is 8.69. The second-order valence-corrected chi connectivity index (χ2v) is 11.8. The molecule has 1 N–H and O–H groups in total. The van der Waals surface area contributed by atoms with E-state index in [2.05, 4.69) is 24.1 Å². The number of fused-ring (bicyclic) bond motifs is 4. The zero-order valence-corrected chi connectivity index (χ0v) is 22.9. The number of rotatable bonds is 6. The monoisotopic (exact) mass is 538 g/mol. The lowest BCUT2D eigenvalue weighted by Crippen LogP contribution is -2.68. The lowest BCUT2D eigenvalue weighted by atomic mass is 9.75. The Morgan fingerprint density at radius 1 is 0.875 bits per heavy atom. The standard InChI is InChI=1S/C32H34N4O4/c1-21(2)24-13-11-22(12-14-24)16-32(29(38)33-31(40)36(30(32)39)26-7-4-3-5-8-26)20-34-17-23-15-25(19-34)27-9-6-10-28(37)35(27)18-23/h3-14,21,23,25H,15-20H2,1-2H3,(H,33,38,40)/t23-,25-,32+/m1/s1. The van der Waals surface area contributed by atoms with Crippen molar-refractivity contribution in [1.29, 1.82) is 0 Å². The lowest BCUT2D eigenvalue weighted by molar-refractivity contribution is -0.144. The highest BCUT2D eigenvalue weighted by Gasteiger charge is 2.55. The molecule has 0 radical (unpaired) electrons. The Bertz CT molecular complexity index is 1510. The van der Waals surface area contributed by atoms with Crippen LogP contribution >= 0.6 is 0 Å². The summed E-state index contributed by atoms with van der Waals surface area (Å²) in [5.74, 6) is -0.334. The number of hydrogen-bond donors (Lipinski definition) is 1. The molecule has 3 aliphatic rings. The van der Waals surface area contributed by atoms with Crippen LogP contribution < -0.4 is 15.8 Å². The Labute approximate surface area is 233 Å². The maximum atomic E-state index is 14.4. The first-order chi connectivity index (χ1) is 19.2. The van der Waals surface area contributed by atoms with E-state index in [4.69, 9.17) is 0 Å². The fourth-order valence-electron chi connectivity index (χ4n) is 6.71. The summed E-state index contributed by atoms with van der Waals surface area (Å²) in [6, 6.07) is 21.5. The third-order valence-corrected chi connectivity index (χ3v) is 8.69. The second-order valence-electron chi connectivity index (χ2n) is 11.8. The number of carbonyl (C=O) groups is 3. The van der Waals surface area contributed by atoms with E-state index in [1.54, 1.807) is 36.4 Å². The molecule has 3 atom stereocenters. The summed E-state index contributed by atoms with van der Waals surface area (Å²) in [6.07, 6.45) is 1.15. The summed E-state index contributed by atoms with van der Waals surface area (Å²) in [6.45, 7) is 6.36. The Hall–Kier alpha value is -4.04.